The van der Waals surface area contributed by atoms with Gasteiger partial charge in [0, 0.05) is 27.9 Å². The number of carbonyl (C=O) groups is 1. The number of hydrogen-bond acceptors (Lipinski definition) is 4. The number of aliphatic hydroxyl groups excluding tert-OH is 1. The third-order valence-electron chi connectivity index (χ3n) is 4.06. The predicted octanol–water partition coefficient (Wildman–Crippen LogP) is 3.55. The van der Waals surface area contributed by atoms with Crippen LogP contribution in [0.2, 0.25) is 0 Å². The topological polar surface area (TPSA) is 59.4 Å². The summed E-state index contributed by atoms with van der Waals surface area (Å²) < 4.78 is 6.71. The van der Waals surface area contributed by atoms with Gasteiger partial charge in [0.2, 0.25) is 5.88 Å². The molecule has 0 aliphatic heterocycles. The normalized spacial score (nSPS) is 23.0. The summed E-state index contributed by atoms with van der Waals surface area (Å²) in [6.45, 7) is 3.47. The summed E-state index contributed by atoms with van der Waals surface area (Å²) >= 11 is 3.39. The van der Waals surface area contributed by atoms with E-state index < -0.39 is 17.6 Å². The monoisotopic (exact) mass is 361 g/mol. The van der Waals surface area contributed by atoms with Gasteiger partial charge >= 0.3 is 0 Å². The second-order valence-electron chi connectivity index (χ2n) is 5.93. The van der Waals surface area contributed by atoms with Crippen LogP contribution in [0.5, 0.6) is 5.88 Å². The summed E-state index contributed by atoms with van der Waals surface area (Å²) in [5, 5.41) is 10.7. The predicted molar refractivity (Wildman–Crippen MR) is 85.9 cm³/mol. The summed E-state index contributed by atoms with van der Waals surface area (Å²) in [4.78, 5) is 16.8. The van der Waals surface area contributed by atoms with Crippen LogP contribution in [0.15, 0.2) is 47.1 Å². The molecule has 1 aromatic heterocycles. The van der Waals surface area contributed by atoms with E-state index in [1.807, 2.05) is 18.2 Å². The van der Waals surface area contributed by atoms with Crippen LogP contribution in [0, 0.1) is 5.41 Å². The molecule has 0 unspecified atom stereocenters. The number of Topliss-reactive ketones (excluding diaryl/α,β-unsaturated/α-hetero) is 1. The number of fused-ring (bicyclic) bond motifs is 1. The molecule has 2 aromatic rings. The molecule has 0 bridgehead atoms. The van der Waals surface area contributed by atoms with E-state index in [1.165, 1.54) is 0 Å². The van der Waals surface area contributed by atoms with E-state index in [1.54, 1.807) is 38.2 Å². The Balaban J connectivity index is 2.09. The number of carbonyl (C=O) groups excluding carboxylic acids is 1. The molecule has 1 aliphatic rings. The van der Waals surface area contributed by atoms with Gasteiger partial charge in [0.05, 0.1) is 5.41 Å². The molecule has 0 radical (unpaired) electrons. The summed E-state index contributed by atoms with van der Waals surface area (Å²) in [5.41, 5.74) is 0.337. The third kappa shape index (κ3) is 2.44. The van der Waals surface area contributed by atoms with Crippen molar-refractivity contribution in [1.29, 1.82) is 0 Å². The lowest BCUT2D eigenvalue weighted by atomic mass is 9.69. The molecule has 1 aromatic carbocycles. The standard InChI is InChI=1S/C17H16BrNO3/c1-17(2)15(20)12-9-10(18)6-7-11(12)14(16(17)21)22-13-5-3-4-8-19-13/h3-9,14,16,21H,1-2H3/t14-,16+/m1/s1. The van der Waals surface area contributed by atoms with Gasteiger partial charge in [-0.2, -0.15) is 0 Å². The van der Waals surface area contributed by atoms with E-state index >= 15 is 0 Å². The Labute approximate surface area is 137 Å². The lowest BCUT2D eigenvalue weighted by Gasteiger charge is -2.40. The molecule has 0 fully saturated rings. The van der Waals surface area contributed by atoms with Crippen molar-refractivity contribution in [2.45, 2.75) is 26.1 Å². The average molecular weight is 362 g/mol. The molecule has 1 aliphatic carbocycles. The number of ether oxygens (including phenoxy) is 1. The SMILES string of the molecule is CC1(C)C(=O)c2cc(Br)ccc2[C@@H](Oc2ccccn2)[C@@H]1O. The molecule has 0 saturated carbocycles. The molecule has 2 atom stereocenters. The maximum atomic E-state index is 12.6. The number of ketones is 1. The smallest absolute Gasteiger partial charge is 0.213 e. The Morgan fingerprint density at radius 1 is 1.27 bits per heavy atom. The number of aromatic nitrogens is 1. The van der Waals surface area contributed by atoms with Crippen LogP contribution < -0.4 is 4.74 Å². The molecule has 22 heavy (non-hydrogen) atoms. The number of halogens is 1. The van der Waals surface area contributed by atoms with Crippen LogP contribution in [-0.4, -0.2) is 22.0 Å². The summed E-state index contributed by atoms with van der Waals surface area (Å²) in [6, 6.07) is 10.8. The van der Waals surface area contributed by atoms with Gasteiger partial charge < -0.3 is 9.84 Å². The van der Waals surface area contributed by atoms with Crippen molar-refractivity contribution < 1.29 is 14.6 Å². The average Bonchev–Trinajstić information content (AvgIpc) is 2.51. The van der Waals surface area contributed by atoms with E-state index in [-0.39, 0.29) is 5.78 Å². The fourth-order valence-corrected chi connectivity index (χ4v) is 3.04. The van der Waals surface area contributed by atoms with Crippen LogP contribution >= 0.6 is 15.9 Å². The number of nitrogens with zero attached hydrogens (tertiary/aromatic N) is 1. The van der Waals surface area contributed by atoms with Crippen molar-refractivity contribution in [2.24, 2.45) is 5.41 Å². The number of rotatable bonds is 2. The van der Waals surface area contributed by atoms with E-state index in [0.717, 1.165) is 4.47 Å². The molecule has 1 heterocycles. The van der Waals surface area contributed by atoms with Gasteiger partial charge in [0.1, 0.15) is 6.10 Å². The zero-order valence-electron chi connectivity index (χ0n) is 12.3. The minimum Gasteiger partial charge on any atom is -0.467 e. The number of hydrogen-bond donors (Lipinski definition) is 1. The van der Waals surface area contributed by atoms with Crippen molar-refractivity contribution >= 4 is 21.7 Å². The van der Waals surface area contributed by atoms with Crippen LogP contribution in [0.3, 0.4) is 0 Å². The lowest BCUT2D eigenvalue weighted by Crippen LogP contribution is -2.47. The Bertz CT molecular complexity index is 715. The molecule has 0 amide bonds. The maximum Gasteiger partial charge on any atom is 0.213 e. The first-order valence-corrected chi connectivity index (χ1v) is 7.80. The zero-order chi connectivity index (χ0) is 15.9. The Morgan fingerprint density at radius 3 is 2.73 bits per heavy atom. The largest absolute Gasteiger partial charge is 0.467 e. The van der Waals surface area contributed by atoms with Gasteiger partial charge in [-0.3, -0.25) is 4.79 Å². The number of aliphatic hydroxyl groups is 1. The lowest BCUT2D eigenvalue weighted by molar-refractivity contribution is -0.0379. The van der Waals surface area contributed by atoms with Crippen molar-refractivity contribution in [3.63, 3.8) is 0 Å². The highest BCUT2D eigenvalue weighted by molar-refractivity contribution is 9.10. The molecule has 0 saturated heterocycles. The highest BCUT2D eigenvalue weighted by Gasteiger charge is 2.48. The number of benzene rings is 1. The van der Waals surface area contributed by atoms with Crippen LogP contribution in [0.4, 0.5) is 0 Å². The summed E-state index contributed by atoms with van der Waals surface area (Å²) in [6.07, 6.45) is 0.0462. The van der Waals surface area contributed by atoms with Crippen molar-refractivity contribution in [3.8, 4) is 5.88 Å². The minimum absolute atomic E-state index is 0.0860. The van der Waals surface area contributed by atoms with Gasteiger partial charge in [-0.05, 0) is 32.0 Å². The van der Waals surface area contributed by atoms with Crippen molar-refractivity contribution in [2.75, 3.05) is 0 Å². The first kappa shape index (κ1) is 15.2. The van der Waals surface area contributed by atoms with Gasteiger partial charge in [-0.1, -0.05) is 28.1 Å². The van der Waals surface area contributed by atoms with E-state index in [0.29, 0.717) is 17.0 Å². The second-order valence-corrected chi connectivity index (χ2v) is 6.85. The molecule has 0 spiro atoms. The van der Waals surface area contributed by atoms with Gasteiger partial charge in [-0.25, -0.2) is 4.98 Å². The molecule has 3 rings (SSSR count). The zero-order valence-corrected chi connectivity index (χ0v) is 13.9. The Kier molecular flexibility index (Phi) is 3.78. The first-order chi connectivity index (χ1) is 10.4. The highest BCUT2D eigenvalue weighted by atomic mass is 79.9. The van der Waals surface area contributed by atoms with Gasteiger partial charge in [0.25, 0.3) is 0 Å². The summed E-state index contributed by atoms with van der Waals surface area (Å²) in [7, 11) is 0. The van der Waals surface area contributed by atoms with E-state index in [9.17, 15) is 9.90 Å². The Hall–Kier alpha value is -1.72. The maximum absolute atomic E-state index is 12.6. The Morgan fingerprint density at radius 2 is 2.05 bits per heavy atom. The third-order valence-corrected chi connectivity index (χ3v) is 4.56. The van der Waals surface area contributed by atoms with Crippen molar-refractivity contribution in [1.82, 2.24) is 4.98 Å². The second kappa shape index (κ2) is 5.48. The van der Waals surface area contributed by atoms with E-state index in [2.05, 4.69) is 20.9 Å². The highest BCUT2D eigenvalue weighted by Crippen LogP contribution is 2.43. The molecular formula is C17H16BrNO3. The molecule has 4 nitrogen and oxygen atoms in total. The van der Waals surface area contributed by atoms with E-state index in [4.69, 9.17) is 4.74 Å². The van der Waals surface area contributed by atoms with Crippen LogP contribution in [-0.2, 0) is 0 Å². The first-order valence-electron chi connectivity index (χ1n) is 7.01. The quantitative estimate of drug-likeness (QED) is 0.888. The molecular weight excluding hydrogens is 346 g/mol. The summed E-state index contributed by atoms with van der Waals surface area (Å²) in [5.74, 6) is 0.336. The fraction of sp³-hybridized carbons (Fsp3) is 0.294. The van der Waals surface area contributed by atoms with Crippen molar-refractivity contribution in [3.05, 3.63) is 58.2 Å². The molecule has 5 heteroatoms. The molecule has 114 valence electrons. The van der Waals surface area contributed by atoms with Gasteiger partial charge in [0.15, 0.2) is 11.9 Å². The fourth-order valence-electron chi connectivity index (χ4n) is 2.68. The minimum atomic E-state index is -0.948. The van der Waals surface area contributed by atoms with Crippen LogP contribution in [0.1, 0.15) is 35.9 Å². The van der Waals surface area contributed by atoms with Gasteiger partial charge in [-0.15, -0.1) is 0 Å². The van der Waals surface area contributed by atoms with Crippen LogP contribution in [0.25, 0.3) is 0 Å². The number of pyridine rings is 1. The molecule has 1 N–H and O–H groups in total.